The topological polar surface area (TPSA) is 137 Å². The zero-order valence-electron chi connectivity index (χ0n) is 22.3. The monoisotopic (exact) mass is 497 g/mol. The van der Waals surface area contributed by atoms with Gasteiger partial charge in [0.25, 0.3) is 0 Å². The number of aliphatic hydroxyl groups is 3. The maximum absolute atomic E-state index is 10.6. The highest BCUT2D eigenvalue weighted by molar-refractivity contribution is 5.86. The molecule has 3 heterocycles. The second-order valence-electron chi connectivity index (χ2n) is 12.1. The van der Waals surface area contributed by atoms with Gasteiger partial charge in [-0.05, 0) is 30.9 Å². The van der Waals surface area contributed by atoms with Gasteiger partial charge in [-0.1, -0.05) is 41.5 Å². The van der Waals surface area contributed by atoms with Gasteiger partial charge in [-0.2, -0.15) is 4.98 Å². The zero-order valence-corrected chi connectivity index (χ0v) is 22.3. The SMILES string of the molecule is Cc1nc(NCC(C)(C)C)nc(N[C@@H]2C[C@H](CO)[C@@H](O)[C@H]2O)c1-c1cc2cc(C(C)(C)C)ncc2o1. The molecule has 4 atom stereocenters. The highest BCUT2D eigenvalue weighted by Gasteiger charge is 2.41. The number of nitrogens with zero attached hydrogens (tertiary/aromatic N) is 3. The van der Waals surface area contributed by atoms with Crippen LogP contribution in [-0.4, -0.2) is 61.7 Å². The molecule has 3 aromatic rings. The quantitative estimate of drug-likeness (QED) is 0.344. The fraction of sp³-hybridized carbons (Fsp3) is 0.593. The van der Waals surface area contributed by atoms with E-state index in [1.165, 1.54) is 0 Å². The number of furan rings is 1. The summed E-state index contributed by atoms with van der Waals surface area (Å²) in [5, 5.41) is 38.1. The van der Waals surface area contributed by atoms with Gasteiger partial charge in [0.2, 0.25) is 5.95 Å². The highest BCUT2D eigenvalue weighted by Crippen LogP contribution is 2.37. The van der Waals surface area contributed by atoms with Crippen LogP contribution in [0.1, 0.15) is 59.4 Å². The lowest BCUT2D eigenvalue weighted by atomic mass is 9.91. The van der Waals surface area contributed by atoms with Gasteiger partial charge < -0.3 is 30.4 Å². The van der Waals surface area contributed by atoms with Crippen LogP contribution < -0.4 is 10.6 Å². The molecule has 36 heavy (non-hydrogen) atoms. The number of rotatable bonds is 6. The number of aryl methyl sites for hydroxylation is 1. The van der Waals surface area contributed by atoms with Crippen molar-refractivity contribution >= 4 is 22.7 Å². The smallest absolute Gasteiger partial charge is 0.224 e. The predicted octanol–water partition coefficient (Wildman–Crippen LogP) is 3.86. The standard InChI is InChI=1S/C27H39N5O4/c1-14-21(18-9-15-10-20(27(5,6)7)28-11-19(15)36-18)24(32-25(30-14)29-13-26(2,3)4)31-17-8-16(12-33)22(34)23(17)35/h9-11,16-17,22-23,33-35H,8,12-13H2,1-7H3,(H2,29,30,31,32)/t16-,17-,22-,23+/m1/s1. The van der Waals surface area contributed by atoms with E-state index in [0.717, 1.165) is 11.1 Å². The van der Waals surface area contributed by atoms with E-state index in [0.29, 0.717) is 47.3 Å². The average Bonchev–Trinajstić information content (AvgIpc) is 3.31. The van der Waals surface area contributed by atoms with Crippen molar-refractivity contribution in [2.24, 2.45) is 11.3 Å². The molecule has 0 saturated heterocycles. The first-order chi connectivity index (χ1) is 16.8. The van der Waals surface area contributed by atoms with Crippen molar-refractivity contribution in [1.82, 2.24) is 15.0 Å². The molecule has 0 spiro atoms. The third-order valence-electron chi connectivity index (χ3n) is 6.64. The maximum atomic E-state index is 10.6. The summed E-state index contributed by atoms with van der Waals surface area (Å²) >= 11 is 0. The Labute approximate surface area is 212 Å². The number of hydrogen-bond acceptors (Lipinski definition) is 9. The third kappa shape index (κ3) is 5.48. The Bertz CT molecular complexity index is 1230. The van der Waals surface area contributed by atoms with E-state index in [-0.39, 0.29) is 17.4 Å². The van der Waals surface area contributed by atoms with Gasteiger partial charge in [-0.15, -0.1) is 0 Å². The minimum atomic E-state index is -1.04. The Morgan fingerprint density at radius 1 is 1.06 bits per heavy atom. The number of aromatic nitrogens is 3. The normalized spacial score (nSPS) is 22.8. The summed E-state index contributed by atoms with van der Waals surface area (Å²) in [5.41, 5.74) is 2.95. The van der Waals surface area contributed by atoms with Crippen LogP contribution in [0.4, 0.5) is 11.8 Å². The molecule has 0 unspecified atom stereocenters. The Morgan fingerprint density at radius 3 is 2.39 bits per heavy atom. The minimum absolute atomic E-state index is 0.0279. The number of aliphatic hydroxyl groups excluding tert-OH is 3. The number of pyridine rings is 1. The molecule has 1 aliphatic carbocycles. The van der Waals surface area contributed by atoms with Crippen LogP contribution in [0, 0.1) is 18.3 Å². The van der Waals surface area contributed by atoms with Crippen LogP contribution in [-0.2, 0) is 5.41 Å². The van der Waals surface area contributed by atoms with Crippen LogP contribution in [0.2, 0.25) is 0 Å². The van der Waals surface area contributed by atoms with Crippen molar-refractivity contribution in [3.05, 3.63) is 29.7 Å². The van der Waals surface area contributed by atoms with Crippen molar-refractivity contribution in [2.45, 2.75) is 78.6 Å². The Kier molecular flexibility index (Phi) is 7.02. The highest BCUT2D eigenvalue weighted by atomic mass is 16.3. The van der Waals surface area contributed by atoms with E-state index >= 15 is 0 Å². The molecule has 5 N–H and O–H groups in total. The van der Waals surface area contributed by atoms with Crippen LogP contribution in [0.3, 0.4) is 0 Å². The molecule has 4 rings (SSSR count). The van der Waals surface area contributed by atoms with Gasteiger partial charge in [0.1, 0.15) is 17.7 Å². The second kappa shape index (κ2) is 9.61. The molecule has 1 fully saturated rings. The fourth-order valence-electron chi connectivity index (χ4n) is 4.50. The summed E-state index contributed by atoms with van der Waals surface area (Å²) in [7, 11) is 0. The molecule has 0 bridgehead atoms. The number of nitrogens with one attached hydrogen (secondary N) is 2. The largest absolute Gasteiger partial charge is 0.454 e. The molecule has 0 aliphatic heterocycles. The van der Waals surface area contributed by atoms with Crippen molar-refractivity contribution in [3.8, 4) is 11.3 Å². The first-order valence-electron chi connectivity index (χ1n) is 12.5. The molecule has 0 amide bonds. The molecule has 0 aromatic carbocycles. The molecule has 196 valence electrons. The molecule has 1 aliphatic rings. The molecular formula is C27H39N5O4. The molecular weight excluding hydrogens is 458 g/mol. The van der Waals surface area contributed by atoms with Gasteiger partial charge in [0.05, 0.1) is 29.6 Å². The van der Waals surface area contributed by atoms with Gasteiger partial charge in [0.15, 0.2) is 5.58 Å². The van der Waals surface area contributed by atoms with Crippen molar-refractivity contribution < 1.29 is 19.7 Å². The predicted molar refractivity (Wildman–Crippen MR) is 141 cm³/mol. The van der Waals surface area contributed by atoms with Crippen LogP contribution in [0.15, 0.2) is 22.7 Å². The fourth-order valence-corrected chi connectivity index (χ4v) is 4.50. The van der Waals surface area contributed by atoms with E-state index in [4.69, 9.17) is 14.4 Å². The Balaban J connectivity index is 1.77. The summed E-state index contributed by atoms with van der Waals surface area (Å²) in [4.78, 5) is 14.0. The van der Waals surface area contributed by atoms with Gasteiger partial charge in [0, 0.05) is 35.6 Å². The molecule has 3 aromatic heterocycles. The van der Waals surface area contributed by atoms with Crippen LogP contribution in [0.5, 0.6) is 0 Å². The Morgan fingerprint density at radius 2 is 1.78 bits per heavy atom. The molecule has 9 nitrogen and oxygen atoms in total. The van der Waals surface area contributed by atoms with Crippen molar-refractivity contribution in [1.29, 1.82) is 0 Å². The number of fused-ring (bicyclic) bond motifs is 1. The van der Waals surface area contributed by atoms with Crippen molar-refractivity contribution in [3.63, 3.8) is 0 Å². The van der Waals surface area contributed by atoms with E-state index < -0.39 is 24.2 Å². The van der Waals surface area contributed by atoms with E-state index in [1.807, 2.05) is 19.1 Å². The third-order valence-corrected chi connectivity index (χ3v) is 6.64. The van der Waals surface area contributed by atoms with Crippen molar-refractivity contribution in [2.75, 3.05) is 23.8 Å². The molecule has 9 heteroatoms. The average molecular weight is 498 g/mol. The zero-order chi connectivity index (χ0) is 26.4. The summed E-state index contributed by atoms with van der Waals surface area (Å²) in [5.74, 6) is 1.15. The summed E-state index contributed by atoms with van der Waals surface area (Å²) in [6.07, 6.45) is 0.103. The van der Waals surface area contributed by atoms with Gasteiger partial charge in [-0.25, -0.2) is 4.98 Å². The van der Waals surface area contributed by atoms with Gasteiger partial charge in [-0.3, -0.25) is 4.98 Å². The summed E-state index contributed by atoms with van der Waals surface area (Å²) in [6, 6.07) is 3.51. The van der Waals surface area contributed by atoms with Crippen LogP contribution >= 0.6 is 0 Å². The first-order valence-corrected chi connectivity index (χ1v) is 12.5. The van der Waals surface area contributed by atoms with E-state index in [9.17, 15) is 15.3 Å². The maximum Gasteiger partial charge on any atom is 0.224 e. The van der Waals surface area contributed by atoms with E-state index in [1.54, 1.807) is 6.20 Å². The van der Waals surface area contributed by atoms with Crippen LogP contribution in [0.25, 0.3) is 22.3 Å². The Hall–Kier alpha value is -2.75. The van der Waals surface area contributed by atoms with Gasteiger partial charge >= 0.3 is 0 Å². The lowest BCUT2D eigenvalue weighted by Crippen LogP contribution is -2.35. The summed E-state index contributed by atoms with van der Waals surface area (Å²) < 4.78 is 6.20. The number of hydrogen-bond donors (Lipinski definition) is 5. The minimum Gasteiger partial charge on any atom is -0.454 e. The lowest BCUT2D eigenvalue weighted by Gasteiger charge is -2.22. The lowest BCUT2D eigenvalue weighted by molar-refractivity contribution is 0.00446. The van der Waals surface area contributed by atoms with E-state index in [2.05, 4.69) is 57.2 Å². The summed E-state index contributed by atoms with van der Waals surface area (Å²) in [6.45, 7) is 15.1. The second-order valence-corrected chi connectivity index (χ2v) is 12.1. The number of anilines is 2. The first kappa shape index (κ1) is 26.3. The molecule has 1 saturated carbocycles. The molecule has 0 radical (unpaired) electrons.